The first-order chi connectivity index (χ1) is 13.2. The number of amides is 1. The van der Waals surface area contributed by atoms with Crippen LogP contribution in [0.3, 0.4) is 0 Å². The number of phenolic OH excluding ortho intramolecular Hbond substituents is 1. The number of aromatic nitrogens is 1. The Labute approximate surface area is 156 Å². The van der Waals surface area contributed by atoms with Crippen LogP contribution in [0.1, 0.15) is 22.9 Å². The zero-order valence-corrected chi connectivity index (χ0v) is 14.7. The summed E-state index contributed by atoms with van der Waals surface area (Å²) in [5.74, 6) is 1.06. The normalized spacial score (nSPS) is 19.6. The van der Waals surface area contributed by atoms with Crippen LogP contribution in [0.15, 0.2) is 42.5 Å². The first-order valence-corrected chi connectivity index (χ1v) is 9.12. The van der Waals surface area contributed by atoms with Crippen molar-refractivity contribution in [2.75, 3.05) is 19.8 Å². The van der Waals surface area contributed by atoms with Gasteiger partial charge in [-0.25, -0.2) is 0 Å². The van der Waals surface area contributed by atoms with Crippen LogP contribution in [0, 0.1) is 0 Å². The number of aromatic amines is 1. The van der Waals surface area contributed by atoms with Crippen molar-refractivity contribution in [3.63, 3.8) is 0 Å². The zero-order chi connectivity index (χ0) is 18.4. The molecule has 2 N–H and O–H groups in total. The predicted octanol–water partition coefficient (Wildman–Crippen LogP) is 2.76. The molecule has 3 heterocycles. The smallest absolute Gasteiger partial charge is 0.210 e. The van der Waals surface area contributed by atoms with Gasteiger partial charge in [0.1, 0.15) is 17.6 Å². The molecule has 138 valence electrons. The van der Waals surface area contributed by atoms with E-state index in [4.69, 9.17) is 9.47 Å². The van der Waals surface area contributed by atoms with Crippen LogP contribution in [-0.2, 0) is 16.0 Å². The fraction of sp³-hybridized carbons (Fsp3) is 0.286. The third-order valence-electron chi connectivity index (χ3n) is 5.39. The Balaban J connectivity index is 1.54. The van der Waals surface area contributed by atoms with E-state index in [0.29, 0.717) is 19.8 Å². The lowest BCUT2D eigenvalue weighted by Crippen LogP contribution is -2.38. The molecule has 6 nitrogen and oxygen atoms in total. The molecule has 0 aliphatic carbocycles. The summed E-state index contributed by atoms with van der Waals surface area (Å²) >= 11 is 0. The topological polar surface area (TPSA) is 74.8 Å². The summed E-state index contributed by atoms with van der Waals surface area (Å²) in [6.45, 7) is 1.91. The minimum Gasteiger partial charge on any atom is -0.508 e. The van der Waals surface area contributed by atoms with Gasteiger partial charge in [0.25, 0.3) is 0 Å². The molecule has 2 aliphatic rings. The molecule has 3 aromatic rings. The molecule has 0 bridgehead atoms. The van der Waals surface area contributed by atoms with E-state index in [1.807, 2.05) is 35.2 Å². The van der Waals surface area contributed by atoms with Gasteiger partial charge in [0.15, 0.2) is 0 Å². The van der Waals surface area contributed by atoms with E-state index in [1.165, 1.54) is 0 Å². The van der Waals surface area contributed by atoms with E-state index in [0.717, 1.165) is 46.3 Å². The van der Waals surface area contributed by atoms with E-state index < -0.39 is 0 Å². The van der Waals surface area contributed by atoms with Crippen LogP contribution in [0.2, 0.25) is 0 Å². The van der Waals surface area contributed by atoms with Crippen molar-refractivity contribution in [2.45, 2.75) is 18.6 Å². The number of hydrogen-bond acceptors (Lipinski definition) is 4. The average Bonchev–Trinajstić information content (AvgIpc) is 3.02. The summed E-state index contributed by atoms with van der Waals surface area (Å²) in [5, 5.41) is 10.9. The van der Waals surface area contributed by atoms with Gasteiger partial charge in [0, 0.05) is 23.1 Å². The molecular formula is C21H20N2O4. The van der Waals surface area contributed by atoms with Crippen LogP contribution >= 0.6 is 0 Å². The van der Waals surface area contributed by atoms with Crippen molar-refractivity contribution < 1.29 is 19.4 Å². The lowest BCUT2D eigenvalue weighted by molar-refractivity contribution is -0.120. The van der Waals surface area contributed by atoms with E-state index in [-0.39, 0.29) is 17.9 Å². The van der Waals surface area contributed by atoms with Gasteiger partial charge >= 0.3 is 0 Å². The molecule has 1 fully saturated rings. The lowest BCUT2D eigenvalue weighted by atomic mass is 9.93. The number of ether oxygens (including phenoxy) is 2. The summed E-state index contributed by atoms with van der Waals surface area (Å²) in [6.07, 6.45) is 1.80. The highest BCUT2D eigenvalue weighted by atomic mass is 16.6. The fourth-order valence-electron chi connectivity index (χ4n) is 3.97. The molecule has 1 saturated heterocycles. The number of benzene rings is 2. The van der Waals surface area contributed by atoms with Crippen LogP contribution < -0.4 is 4.74 Å². The van der Waals surface area contributed by atoms with Crippen molar-refractivity contribution in [3.05, 3.63) is 59.3 Å². The van der Waals surface area contributed by atoms with Gasteiger partial charge in [0.05, 0.1) is 19.3 Å². The standard InChI is InChI=1S/C21H20N2O4/c24-12-23-8-7-17-18-9-14(25)3-6-19(18)22-20(17)21(23)13-1-4-15(5-2-13)27-16-10-26-11-16/h1-6,9,12,16,21-22,25H,7-8,10-11H2. The molecule has 6 heteroatoms. The van der Waals surface area contributed by atoms with Gasteiger partial charge in [-0.15, -0.1) is 0 Å². The molecule has 1 aromatic heterocycles. The van der Waals surface area contributed by atoms with Gasteiger partial charge < -0.3 is 24.5 Å². The maximum Gasteiger partial charge on any atom is 0.210 e. The van der Waals surface area contributed by atoms with Crippen LogP contribution in [0.4, 0.5) is 0 Å². The van der Waals surface area contributed by atoms with E-state index in [2.05, 4.69) is 4.98 Å². The maximum atomic E-state index is 11.7. The number of rotatable bonds is 4. The van der Waals surface area contributed by atoms with Gasteiger partial charge in [-0.2, -0.15) is 0 Å². The highest BCUT2D eigenvalue weighted by molar-refractivity contribution is 5.87. The van der Waals surface area contributed by atoms with Crippen LogP contribution in [0.5, 0.6) is 11.5 Å². The molecule has 2 aromatic carbocycles. The van der Waals surface area contributed by atoms with Gasteiger partial charge in [-0.1, -0.05) is 12.1 Å². The summed E-state index contributed by atoms with van der Waals surface area (Å²) in [4.78, 5) is 17.0. The summed E-state index contributed by atoms with van der Waals surface area (Å²) in [5.41, 5.74) is 4.17. The third-order valence-corrected chi connectivity index (χ3v) is 5.39. The summed E-state index contributed by atoms with van der Waals surface area (Å²) < 4.78 is 11.0. The monoisotopic (exact) mass is 364 g/mol. The Morgan fingerprint density at radius 1 is 1.19 bits per heavy atom. The summed E-state index contributed by atoms with van der Waals surface area (Å²) in [6, 6.07) is 13.1. The molecule has 0 spiro atoms. The highest BCUT2D eigenvalue weighted by Gasteiger charge is 2.31. The van der Waals surface area contributed by atoms with Crippen molar-refractivity contribution in [1.82, 2.24) is 9.88 Å². The Hall–Kier alpha value is -2.99. The van der Waals surface area contributed by atoms with Crippen LogP contribution in [-0.4, -0.2) is 47.3 Å². The number of H-pyrrole nitrogens is 1. The first-order valence-electron chi connectivity index (χ1n) is 9.12. The van der Waals surface area contributed by atoms with Crippen molar-refractivity contribution in [2.24, 2.45) is 0 Å². The number of hydrogen-bond donors (Lipinski definition) is 2. The second kappa shape index (κ2) is 6.32. The van der Waals surface area contributed by atoms with Gasteiger partial charge in [-0.05, 0) is 47.9 Å². The maximum absolute atomic E-state index is 11.7. The van der Waals surface area contributed by atoms with Crippen molar-refractivity contribution in [1.29, 1.82) is 0 Å². The zero-order valence-electron chi connectivity index (χ0n) is 14.7. The SMILES string of the molecule is O=CN1CCc2c([nH]c3ccc(O)cc23)C1c1ccc(OC2COC2)cc1. The Morgan fingerprint density at radius 3 is 2.70 bits per heavy atom. The number of carbonyl (C=O) groups is 1. The lowest BCUT2D eigenvalue weighted by Gasteiger charge is -2.33. The molecule has 5 rings (SSSR count). The number of nitrogens with one attached hydrogen (secondary N) is 1. The molecule has 1 atom stereocenters. The third kappa shape index (κ3) is 2.73. The molecule has 27 heavy (non-hydrogen) atoms. The van der Waals surface area contributed by atoms with Crippen molar-refractivity contribution in [3.8, 4) is 11.5 Å². The fourth-order valence-corrected chi connectivity index (χ4v) is 3.97. The number of nitrogens with zero attached hydrogens (tertiary/aromatic N) is 1. The molecule has 1 unspecified atom stereocenters. The Kier molecular flexibility index (Phi) is 3.79. The minimum atomic E-state index is -0.179. The molecule has 0 saturated carbocycles. The largest absolute Gasteiger partial charge is 0.508 e. The average molecular weight is 364 g/mol. The Bertz CT molecular complexity index is 991. The predicted molar refractivity (Wildman–Crippen MR) is 100.0 cm³/mol. The van der Waals surface area contributed by atoms with E-state index in [9.17, 15) is 9.90 Å². The number of phenols is 1. The Morgan fingerprint density at radius 2 is 2.00 bits per heavy atom. The molecular weight excluding hydrogens is 344 g/mol. The molecule has 0 radical (unpaired) electrons. The highest BCUT2D eigenvalue weighted by Crippen LogP contribution is 2.39. The van der Waals surface area contributed by atoms with Crippen LogP contribution in [0.25, 0.3) is 10.9 Å². The first kappa shape index (κ1) is 16.2. The quantitative estimate of drug-likeness (QED) is 0.698. The number of fused-ring (bicyclic) bond motifs is 3. The number of carbonyl (C=O) groups excluding carboxylic acids is 1. The van der Waals surface area contributed by atoms with E-state index in [1.54, 1.807) is 12.1 Å². The van der Waals surface area contributed by atoms with E-state index >= 15 is 0 Å². The minimum absolute atomic E-state index is 0.130. The molecule has 1 amide bonds. The second-order valence-electron chi connectivity index (χ2n) is 7.09. The van der Waals surface area contributed by atoms with Crippen molar-refractivity contribution >= 4 is 17.3 Å². The van der Waals surface area contributed by atoms with Gasteiger partial charge in [-0.3, -0.25) is 4.79 Å². The summed E-state index contributed by atoms with van der Waals surface area (Å²) in [7, 11) is 0. The van der Waals surface area contributed by atoms with Gasteiger partial charge in [0.2, 0.25) is 6.41 Å². The molecule has 2 aliphatic heterocycles. The number of aromatic hydroxyl groups is 1. The second-order valence-corrected chi connectivity index (χ2v) is 7.09.